The van der Waals surface area contributed by atoms with Gasteiger partial charge in [0.1, 0.15) is 11.9 Å². The summed E-state index contributed by atoms with van der Waals surface area (Å²) in [5, 5.41) is 0.696. The number of likely N-dealkylation sites (N-methyl/N-ethyl adjacent to an activating group) is 1. The summed E-state index contributed by atoms with van der Waals surface area (Å²) in [6.07, 6.45) is 1.38. The van der Waals surface area contributed by atoms with E-state index >= 15 is 0 Å². The van der Waals surface area contributed by atoms with Crippen molar-refractivity contribution in [3.05, 3.63) is 29.3 Å². The molecule has 1 aromatic carbocycles. The third kappa shape index (κ3) is 2.20. The van der Waals surface area contributed by atoms with Crippen molar-refractivity contribution in [3.8, 4) is 5.75 Å². The van der Waals surface area contributed by atoms with Gasteiger partial charge < -0.3 is 9.64 Å². The Balaban J connectivity index is 2.01. The van der Waals surface area contributed by atoms with Gasteiger partial charge in [-0.2, -0.15) is 0 Å². The molecule has 0 saturated carbocycles. The van der Waals surface area contributed by atoms with Gasteiger partial charge in [-0.05, 0) is 25.6 Å². The predicted octanol–water partition coefficient (Wildman–Crippen LogP) is 2.42. The first-order chi connectivity index (χ1) is 6.75. The summed E-state index contributed by atoms with van der Waals surface area (Å²) in [5.74, 6) is 0.800. The van der Waals surface area contributed by atoms with Crippen LogP contribution in [0.3, 0.4) is 0 Å². The van der Waals surface area contributed by atoms with E-state index in [0.29, 0.717) is 11.1 Å². The van der Waals surface area contributed by atoms with Gasteiger partial charge in [0.25, 0.3) is 0 Å². The summed E-state index contributed by atoms with van der Waals surface area (Å²) in [4.78, 5) is 2.27. The number of hydrogen-bond donors (Lipinski definition) is 0. The van der Waals surface area contributed by atoms with Crippen molar-refractivity contribution in [2.24, 2.45) is 0 Å². The quantitative estimate of drug-likeness (QED) is 0.745. The van der Waals surface area contributed by atoms with Crippen molar-refractivity contribution in [3.63, 3.8) is 0 Å². The zero-order valence-corrected chi connectivity index (χ0v) is 9.00. The monoisotopic (exact) mass is 211 g/mol. The summed E-state index contributed by atoms with van der Waals surface area (Å²) in [6.45, 7) is 2.10. The lowest BCUT2D eigenvalue weighted by molar-refractivity contribution is 0.208. The molecule has 3 heteroatoms. The smallest absolute Gasteiger partial charge is 0.138 e. The molecule has 0 bridgehead atoms. The Kier molecular flexibility index (Phi) is 2.94. The maximum Gasteiger partial charge on any atom is 0.138 e. The Morgan fingerprint density at radius 1 is 1.43 bits per heavy atom. The Bertz CT molecular complexity index is 316. The van der Waals surface area contributed by atoms with E-state index in [9.17, 15) is 0 Å². The first-order valence-electron chi connectivity index (χ1n) is 4.85. The molecule has 0 radical (unpaired) electrons. The van der Waals surface area contributed by atoms with Crippen molar-refractivity contribution >= 4 is 11.6 Å². The predicted molar refractivity (Wildman–Crippen MR) is 58.0 cm³/mol. The van der Waals surface area contributed by atoms with Crippen molar-refractivity contribution in [2.75, 3.05) is 20.1 Å². The second-order valence-corrected chi connectivity index (χ2v) is 4.13. The zero-order chi connectivity index (χ0) is 9.97. The Labute approximate surface area is 89.4 Å². The molecule has 1 fully saturated rings. The fourth-order valence-electron chi connectivity index (χ4n) is 1.71. The maximum atomic E-state index is 6.00. The highest BCUT2D eigenvalue weighted by molar-refractivity contribution is 6.32. The highest BCUT2D eigenvalue weighted by Gasteiger charge is 2.21. The van der Waals surface area contributed by atoms with E-state index in [4.69, 9.17) is 16.3 Å². The molecular formula is C11H14ClNO. The molecule has 1 aliphatic rings. The van der Waals surface area contributed by atoms with E-state index in [1.165, 1.54) is 0 Å². The van der Waals surface area contributed by atoms with Crippen LogP contribution in [0.5, 0.6) is 5.75 Å². The largest absolute Gasteiger partial charge is 0.487 e. The summed E-state index contributed by atoms with van der Waals surface area (Å²) in [6, 6.07) is 7.63. The number of likely N-dealkylation sites (tertiary alicyclic amines) is 1. The molecule has 0 spiro atoms. The number of halogens is 1. The van der Waals surface area contributed by atoms with Gasteiger partial charge in [-0.25, -0.2) is 0 Å². The molecule has 76 valence electrons. The molecule has 2 rings (SSSR count). The number of benzene rings is 1. The zero-order valence-electron chi connectivity index (χ0n) is 8.24. The van der Waals surface area contributed by atoms with Gasteiger partial charge in [-0.3, -0.25) is 0 Å². The number of nitrogens with zero attached hydrogens (tertiary/aromatic N) is 1. The molecule has 1 saturated heterocycles. The van der Waals surface area contributed by atoms with Gasteiger partial charge >= 0.3 is 0 Å². The van der Waals surface area contributed by atoms with E-state index in [0.717, 1.165) is 25.3 Å². The molecule has 14 heavy (non-hydrogen) atoms. The number of para-hydroxylation sites is 1. The Hall–Kier alpha value is -0.730. The van der Waals surface area contributed by atoms with E-state index in [1.54, 1.807) is 0 Å². The minimum absolute atomic E-state index is 0.292. The van der Waals surface area contributed by atoms with Gasteiger partial charge in [0.05, 0.1) is 5.02 Å². The van der Waals surface area contributed by atoms with Crippen LogP contribution in [-0.2, 0) is 0 Å². The number of hydrogen-bond acceptors (Lipinski definition) is 2. The minimum Gasteiger partial charge on any atom is -0.487 e. The lowest BCUT2D eigenvalue weighted by Crippen LogP contribution is -2.21. The van der Waals surface area contributed by atoms with E-state index in [-0.39, 0.29) is 0 Å². The van der Waals surface area contributed by atoms with Crippen molar-refractivity contribution in [1.29, 1.82) is 0 Å². The first kappa shape index (κ1) is 9.81. The average Bonchev–Trinajstić information content (AvgIpc) is 2.56. The highest BCUT2D eigenvalue weighted by Crippen LogP contribution is 2.26. The van der Waals surface area contributed by atoms with Crippen molar-refractivity contribution < 1.29 is 4.74 Å². The number of rotatable bonds is 2. The highest BCUT2D eigenvalue weighted by atomic mass is 35.5. The lowest BCUT2D eigenvalue weighted by atomic mass is 10.3. The maximum absolute atomic E-state index is 6.00. The third-order valence-corrected chi connectivity index (χ3v) is 2.79. The Morgan fingerprint density at radius 2 is 2.21 bits per heavy atom. The summed E-state index contributed by atoms with van der Waals surface area (Å²) in [7, 11) is 2.11. The number of ether oxygens (including phenoxy) is 1. The first-order valence-corrected chi connectivity index (χ1v) is 5.23. The normalized spacial score (nSPS) is 22.6. The van der Waals surface area contributed by atoms with Crippen LogP contribution in [0, 0.1) is 0 Å². The van der Waals surface area contributed by atoms with Crippen LogP contribution in [0.15, 0.2) is 24.3 Å². The van der Waals surface area contributed by atoms with E-state index in [1.807, 2.05) is 24.3 Å². The van der Waals surface area contributed by atoms with E-state index in [2.05, 4.69) is 11.9 Å². The second kappa shape index (κ2) is 4.20. The van der Waals surface area contributed by atoms with E-state index < -0.39 is 0 Å². The third-order valence-electron chi connectivity index (χ3n) is 2.48. The Morgan fingerprint density at radius 3 is 2.86 bits per heavy atom. The van der Waals surface area contributed by atoms with Crippen LogP contribution in [0.25, 0.3) is 0 Å². The minimum atomic E-state index is 0.292. The van der Waals surface area contributed by atoms with Gasteiger partial charge in [0.15, 0.2) is 0 Å². The van der Waals surface area contributed by atoms with Crippen LogP contribution in [0.1, 0.15) is 6.42 Å². The summed E-state index contributed by atoms with van der Waals surface area (Å²) in [5.41, 5.74) is 0. The summed E-state index contributed by atoms with van der Waals surface area (Å²) >= 11 is 6.00. The molecule has 1 unspecified atom stereocenters. The van der Waals surface area contributed by atoms with Gasteiger partial charge in [0.2, 0.25) is 0 Å². The molecule has 0 N–H and O–H groups in total. The van der Waals surface area contributed by atoms with Crippen LogP contribution < -0.4 is 4.74 Å². The topological polar surface area (TPSA) is 12.5 Å². The van der Waals surface area contributed by atoms with Crippen molar-refractivity contribution in [2.45, 2.75) is 12.5 Å². The molecule has 1 aromatic rings. The molecule has 1 aliphatic heterocycles. The summed E-state index contributed by atoms with van der Waals surface area (Å²) < 4.78 is 5.80. The fourth-order valence-corrected chi connectivity index (χ4v) is 1.89. The molecule has 1 atom stereocenters. The lowest BCUT2D eigenvalue weighted by Gasteiger charge is -2.14. The van der Waals surface area contributed by atoms with Gasteiger partial charge in [-0.1, -0.05) is 23.7 Å². The van der Waals surface area contributed by atoms with Crippen LogP contribution >= 0.6 is 11.6 Å². The van der Waals surface area contributed by atoms with Crippen molar-refractivity contribution in [1.82, 2.24) is 4.90 Å². The van der Waals surface area contributed by atoms with Crippen LogP contribution in [0.2, 0.25) is 5.02 Å². The molecule has 2 nitrogen and oxygen atoms in total. The molecule has 1 heterocycles. The van der Waals surface area contributed by atoms with Gasteiger partial charge in [0, 0.05) is 13.1 Å². The molecule has 0 amide bonds. The second-order valence-electron chi connectivity index (χ2n) is 3.72. The SMILES string of the molecule is CN1CCC(Oc2ccccc2Cl)C1. The fraction of sp³-hybridized carbons (Fsp3) is 0.455. The van der Waals surface area contributed by atoms with Gasteiger partial charge in [-0.15, -0.1) is 0 Å². The molecular weight excluding hydrogens is 198 g/mol. The molecule has 0 aliphatic carbocycles. The van der Waals surface area contributed by atoms with Crippen LogP contribution in [-0.4, -0.2) is 31.1 Å². The van der Waals surface area contributed by atoms with Crippen LogP contribution in [0.4, 0.5) is 0 Å². The average molecular weight is 212 g/mol. The molecule has 0 aromatic heterocycles. The standard InChI is InChI=1S/C11H14ClNO/c1-13-7-6-9(8-13)14-11-5-3-2-4-10(11)12/h2-5,9H,6-8H2,1H3.